The van der Waals surface area contributed by atoms with Gasteiger partial charge < -0.3 is 10.5 Å². The molecule has 2 aromatic rings. The summed E-state index contributed by atoms with van der Waals surface area (Å²) >= 11 is 6.34. The van der Waals surface area contributed by atoms with Crippen molar-refractivity contribution in [3.8, 4) is 11.8 Å². The van der Waals surface area contributed by atoms with Gasteiger partial charge >= 0.3 is 0 Å². The van der Waals surface area contributed by atoms with E-state index in [9.17, 15) is 0 Å². The minimum atomic E-state index is -0.193. The van der Waals surface area contributed by atoms with Crippen LogP contribution in [0.15, 0.2) is 36.5 Å². The van der Waals surface area contributed by atoms with Gasteiger partial charge in [-0.15, -0.1) is 0 Å². The van der Waals surface area contributed by atoms with Gasteiger partial charge in [0.15, 0.2) is 6.10 Å². The number of ether oxygens (including phenoxy) is 1. The predicted molar refractivity (Wildman–Crippen MR) is 100 cm³/mol. The number of piperidine rings is 1. The second-order valence-electron chi connectivity index (χ2n) is 7.01. The van der Waals surface area contributed by atoms with Crippen LogP contribution in [-0.2, 0) is 6.42 Å². The first-order chi connectivity index (χ1) is 12.7. The lowest BCUT2D eigenvalue weighted by Crippen LogP contribution is -2.49. The molecule has 26 heavy (non-hydrogen) atoms. The monoisotopic (exact) mass is 368 g/mol. The Morgan fingerprint density at radius 2 is 2.23 bits per heavy atom. The average Bonchev–Trinajstić information content (AvgIpc) is 3.02. The van der Waals surface area contributed by atoms with E-state index in [1.807, 2.05) is 6.07 Å². The number of rotatable bonds is 3. The van der Waals surface area contributed by atoms with Crippen LogP contribution in [0, 0.1) is 11.3 Å². The van der Waals surface area contributed by atoms with Crippen molar-refractivity contribution in [2.24, 2.45) is 5.73 Å². The zero-order valence-corrected chi connectivity index (χ0v) is 15.2. The smallest absolute Gasteiger partial charge is 0.157 e. The Kier molecular flexibility index (Phi) is 4.82. The maximum absolute atomic E-state index is 9.03. The maximum Gasteiger partial charge on any atom is 0.157 e. The van der Waals surface area contributed by atoms with Crippen LogP contribution in [0.4, 0.5) is 0 Å². The number of hydrogen-bond acceptors (Lipinski definition) is 5. The van der Waals surface area contributed by atoms with E-state index in [2.05, 4.69) is 22.0 Å². The average molecular weight is 369 g/mol. The van der Waals surface area contributed by atoms with Crippen LogP contribution in [0.1, 0.15) is 35.8 Å². The van der Waals surface area contributed by atoms with Gasteiger partial charge in [-0.25, -0.2) is 0 Å². The van der Waals surface area contributed by atoms with E-state index in [4.69, 9.17) is 27.3 Å². The van der Waals surface area contributed by atoms with E-state index in [1.54, 1.807) is 24.4 Å². The van der Waals surface area contributed by atoms with Gasteiger partial charge in [0, 0.05) is 18.8 Å². The fourth-order valence-electron chi connectivity index (χ4n) is 3.99. The number of aromatic nitrogens is 1. The van der Waals surface area contributed by atoms with Crippen molar-refractivity contribution in [2.45, 2.75) is 37.5 Å². The SMILES string of the molecule is N#Cc1ccc(OC2c3ncccc3CC2N2CCCC(N)C2)c(Cl)c1. The van der Waals surface area contributed by atoms with E-state index in [0.717, 1.165) is 38.0 Å². The Hall–Kier alpha value is -2.13. The van der Waals surface area contributed by atoms with E-state index in [0.29, 0.717) is 16.3 Å². The number of benzene rings is 1. The third-order valence-corrected chi connectivity index (χ3v) is 5.54. The predicted octanol–water partition coefficient (Wildman–Crippen LogP) is 3.07. The highest BCUT2D eigenvalue weighted by Gasteiger charge is 2.40. The molecule has 0 amide bonds. The van der Waals surface area contributed by atoms with Crippen LogP contribution in [0.5, 0.6) is 5.75 Å². The summed E-state index contributed by atoms with van der Waals surface area (Å²) in [5, 5.41) is 9.47. The number of nitrogens with two attached hydrogens (primary N) is 1. The molecular formula is C20H21ClN4O. The molecule has 1 saturated heterocycles. The first kappa shape index (κ1) is 17.3. The van der Waals surface area contributed by atoms with Gasteiger partial charge in [-0.3, -0.25) is 9.88 Å². The highest BCUT2D eigenvalue weighted by Crippen LogP contribution is 2.39. The molecule has 5 nitrogen and oxygen atoms in total. The Labute approximate surface area is 158 Å². The molecule has 3 atom stereocenters. The molecule has 1 aliphatic heterocycles. The van der Waals surface area contributed by atoms with Crippen molar-refractivity contribution in [2.75, 3.05) is 13.1 Å². The van der Waals surface area contributed by atoms with Crippen molar-refractivity contribution in [3.63, 3.8) is 0 Å². The summed E-state index contributed by atoms with van der Waals surface area (Å²) in [7, 11) is 0. The number of fused-ring (bicyclic) bond motifs is 1. The van der Waals surface area contributed by atoms with Gasteiger partial charge in [0.05, 0.1) is 28.4 Å². The minimum Gasteiger partial charge on any atom is -0.481 e. The van der Waals surface area contributed by atoms with E-state index in [1.165, 1.54) is 5.56 Å². The number of pyridine rings is 1. The molecule has 3 unspecified atom stereocenters. The minimum absolute atomic E-state index is 0.193. The highest BCUT2D eigenvalue weighted by atomic mass is 35.5. The Morgan fingerprint density at radius 1 is 1.35 bits per heavy atom. The summed E-state index contributed by atoms with van der Waals surface area (Å²) in [5.41, 5.74) is 8.91. The summed E-state index contributed by atoms with van der Waals surface area (Å²) < 4.78 is 6.35. The molecule has 2 aliphatic rings. The van der Waals surface area contributed by atoms with Gasteiger partial charge in [0.25, 0.3) is 0 Å². The molecule has 1 aromatic heterocycles. The molecule has 0 saturated carbocycles. The molecule has 4 rings (SSSR count). The molecule has 0 spiro atoms. The van der Waals surface area contributed by atoms with Crippen LogP contribution in [0.2, 0.25) is 5.02 Å². The van der Waals surface area contributed by atoms with Gasteiger partial charge in [0.2, 0.25) is 0 Å². The van der Waals surface area contributed by atoms with Crippen molar-refractivity contribution in [3.05, 3.63) is 58.4 Å². The number of likely N-dealkylation sites (tertiary alicyclic amines) is 1. The first-order valence-corrected chi connectivity index (χ1v) is 9.33. The number of nitriles is 1. The van der Waals surface area contributed by atoms with Crippen LogP contribution >= 0.6 is 11.6 Å². The van der Waals surface area contributed by atoms with Crippen LogP contribution in [0.3, 0.4) is 0 Å². The quantitative estimate of drug-likeness (QED) is 0.901. The van der Waals surface area contributed by atoms with E-state index < -0.39 is 0 Å². The topological polar surface area (TPSA) is 75.2 Å². The molecule has 2 heterocycles. The normalized spacial score (nSPS) is 25.5. The second-order valence-corrected chi connectivity index (χ2v) is 7.42. The maximum atomic E-state index is 9.03. The molecule has 134 valence electrons. The molecule has 1 aliphatic carbocycles. The Balaban J connectivity index is 1.64. The highest BCUT2D eigenvalue weighted by molar-refractivity contribution is 6.32. The van der Waals surface area contributed by atoms with Crippen molar-refractivity contribution < 1.29 is 4.74 Å². The fraction of sp³-hybridized carbons (Fsp3) is 0.400. The third kappa shape index (κ3) is 3.28. The molecule has 0 radical (unpaired) electrons. The standard InChI is InChI=1S/C20H21ClN4O/c21-16-9-13(11-22)5-6-18(16)26-20-17(25-8-2-4-15(23)12-25)10-14-3-1-7-24-19(14)20/h1,3,5-7,9,15,17,20H,2,4,8,10,12,23H2. The number of halogens is 1. The van der Waals surface area contributed by atoms with Gasteiger partial charge in [-0.05, 0) is 55.6 Å². The molecule has 0 bridgehead atoms. The number of nitrogens with zero attached hydrogens (tertiary/aromatic N) is 3. The Bertz CT molecular complexity index is 850. The van der Waals surface area contributed by atoms with Crippen molar-refractivity contribution >= 4 is 11.6 Å². The van der Waals surface area contributed by atoms with Gasteiger partial charge in [0.1, 0.15) is 5.75 Å². The fourth-order valence-corrected chi connectivity index (χ4v) is 4.22. The van der Waals surface area contributed by atoms with E-state index in [-0.39, 0.29) is 18.2 Å². The summed E-state index contributed by atoms with van der Waals surface area (Å²) in [6.07, 6.45) is 4.68. The van der Waals surface area contributed by atoms with Crippen molar-refractivity contribution in [1.82, 2.24) is 9.88 Å². The molecule has 1 fully saturated rings. The molecule has 6 heteroatoms. The Morgan fingerprint density at radius 3 is 3.00 bits per heavy atom. The molecule has 2 N–H and O–H groups in total. The lowest BCUT2D eigenvalue weighted by molar-refractivity contribution is 0.0577. The second kappa shape index (κ2) is 7.24. The zero-order chi connectivity index (χ0) is 18.1. The molecule has 1 aromatic carbocycles. The number of hydrogen-bond donors (Lipinski definition) is 1. The molecular weight excluding hydrogens is 348 g/mol. The van der Waals surface area contributed by atoms with Gasteiger partial charge in [-0.2, -0.15) is 5.26 Å². The van der Waals surface area contributed by atoms with Crippen LogP contribution < -0.4 is 10.5 Å². The lowest BCUT2D eigenvalue weighted by atomic mass is 10.0. The largest absolute Gasteiger partial charge is 0.481 e. The zero-order valence-electron chi connectivity index (χ0n) is 14.4. The summed E-state index contributed by atoms with van der Waals surface area (Å²) in [5.74, 6) is 0.584. The first-order valence-electron chi connectivity index (χ1n) is 8.95. The van der Waals surface area contributed by atoms with Crippen LogP contribution in [0.25, 0.3) is 0 Å². The lowest BCUT2D eigenvalue weighted by Gasteiger charge is -2.37. The third-order valence-electron chi connectivity index (χ3n) is 5.25. The van der Waals surface area contributed by atoms with Crippen molar-refractivity contribution in [1.29, 1.82) is 5.26 Å². The summed E-state index contributed by atoms with van der Waals surface area (Å²) in [4.78, 5) is 7.01. The summed E-state index contributed by atoms with van der Waals surface area (Å²) in [6.45, 7) is 1.90. The van der Waals surface area contributed by atoms with E-state index >= 15 is 0 Å². The summed E-state index contributed by atoms with van der Waals surface area (Å²) in [6, 6.07) is 11.7. The van der Waals surface area contributed by atoms with Gasteiger partial charge in [-0.1, -0.05) is 17.7 Å². The van der Waals surface area contributed by atoms with Crippen LogP contribution in [-0.4, -0.2) is 35.1 Å².